The van der Waals surface area contributed by atoms with Crippen molar-refractivity contribution in [3.63, 3.8) is 0 Å². The molecule has 0 saturated carbocycles. The van der Waals surface area contributed by atoms with Gasteiger partial charge in [0.25, 0.3) is 0 Å². The molecular formula is C71H47N3O. The first-order valence-corrected chi connectivity index (χ1v) is 25.8. The van der Waals surface area contributed by atoms with Crippen LogP contribution in [0.25, 0.3) is 106 Å². The average molecular weight is 958 g/mol. The summed E-state index contributed by atoms with van der Waals surface area (Å²) in [5, 5.41) is 4.58. The Morgan fingerprint density at radius 2 is 0.920 bits per heavy atom. The number of aryl methyl sites for hydroxylation is 2. The van der Waals surface area contributed by atoms with Gasteiger partial charge in [0.15, 0.2) is 5.82 Å². The summed E-state index contributed by atoms with van der Waals surface area (Å²) >= 11 is 0. The largest absolute Gasteiger partial charge is 0.457 e. The zero-order chi connectivity index (χ0) is 49.8. The molecule has 0 amide bonds. The summed E-state index contributed by atoms with van der Waals surface area (Å²) in [5.74, 6) is 2.47. The van der Waals surface area contributed by atoms with Crippen molar-refractivity contribution in [3.05, 3.63) is 282 Å². The Labute approximate surface area is 435 Å². The van der Waals surface area contributed by atoms with Crippen molar-refractivity contribution in [2.45, 2.75) is 19.3 Å². The first kappa shape index (κ1) is 43.0. The van der Waals surface area contributed by atoms with Crippen LogP contribution in [-0.2, 0) is 5.41 Å². The smallest absolute Gasteiger partial charge is 0.160 e. The van der Waals surface area contributed by atoms with E-state index in [1.165, 1.54) is 44.5 Å². The molecule has 2 aliphatic rings. The van der Waals surface area contributed by atoms with Gasteiger partial charge >= 0.3 is 0 Å². The highest BCUT2D eigenvalue weighted by Gasteiger charge is 2.51. The summed E-state index contributed by atoms with van der Waals surface area (Å²) in [6.07, 6.45) is 0. The normalized spacial score (nSPS) is 12.9. The molecule has 0 saturated heterocycles. The van der Waals surface area contributed by atoms with Gasteiger partial charge in [-0.15, -0.1) is 0 Å². The second kappa shape index (κ2) is 16.7. The monoisotopic (exact) mass is 957 g/mol. The lowest BCUT2D eigenvalue weighted by atomic mass is 9.66. The summed E-state index contributed by atoms with van der Waals surface area (Å²) in [5.41, 5.74) is 22.2. The number of ether oxygens (including phenoxy) is 1. The Bertz CT molecular complexity index is 4330. The molecule has 11 aromatic carbocycles. The van der Waals surface area contributed by atoms with Crippen molar-refractivity contribution in [2.75, 3.05) is 0 Å². The van der Waals surface area contributed by atoms with Crippen LogP contribution in [0.2, 0.25) is 0 Å². The molecule has 0 unspecified atom stereocenters. The van der Waals surface area contributed by atoms with E-state index < -0.39 is 5.41 Å². The van der Waals surface area contributed by atoms with Gasteiger partial charge in [0, 0.05) is 49.7 Å². The fraction of sp³-hybridized carbons (Fsp3) is 0.0423. The van der Waals surface area contributed by atoms with Crippen LogP contribution in [0.15, 0.2) is 249 Å². The Kier molecular flexibility index (Phi) is 9.58. The molecule has 75 heavy (non-hydrogen) atoms. The molecule has 0 radical (unpaired) electrons. The van der Waals surface area contributed by atoms with Crippen molar-refractivity contribution < 1.29 is 4.74 Å². The molecule has 13 aromatic rings. The molecule has 1 spiro atoms. The number of benzene rings is 11. The highest BCUT2D eigenvalue weighted by atomic mass is 16.5. The predicted molar refractivity (Wildman–Crippen MR) is 308 cm³/mol. The number of hydrogen-bond donors (Lipinski definition) is 0. The number of fused-ring (bicyclic) bond motifs is 14. The van der Waals surface area contributed by atoms with E-state index in [-0.39, 0.29) is 0 Å². The van der Waals surface area contributed by atoms with Crippen molar-refractivity contribution in [1.82, 2.24) is 14.5 Å². The maximum atomic E-state index is 6.70. The van der Waals surface area contributed by atoms with E-state index in [4.69, 9.17) is 14.7 Å². The SMILES string of the molecule is Cc1cc(C)cc(-c2ccc(-n3c4ccc(-c5ccc6c(c5)C5(c7ccccc7Oc7ccccc75)c5ccccc5-6)cc4c4cc(-c5cc(-c6ccccc6)nc(-c6ccccc6)n5)c5ccccc5c43)cc2)c1. The summed E-state index contributed by atoms with van der Waals surface area (Å²) in [6, 6.07) is 90.4. The molecule has 0 atom stereocenters. The predicted octanol–water partition coefficient (Wildman–Crippen LogP) is 18.1. The number of para-hydroxylation sites is 2. The molecule has 1 aliphatic carbocycles. The first-order chi connectivity index (χ1) is 37.0. The van der Waals surface area contributed by atoms with E-state index in [1.807, 2.05) is 6.07 Å². The summed E-state index contributed by atoms with van der Waals surface area (Å²) in [6.45, 7) is 4.34. The zero-order valence-corrected chi connectivity index (χ0v) is 41.4. The zero-order valence-electron chi connectivity index (χ0n) is 41.4. The van der Waals surface area contributed by atoms with Crippen LogP contribution < -0.4 is 4.74 Å². The molecule has 0 fully saturated rings. The number of nitrogens with zero attached hydrogens (tertiary/aromatic N) is 3. The average Bonchev–Trinajstić information content (AvgIpc) is 4.09. The lowest BCUT2D eigenvalue weighted by Gasteiger charge is -2.39. The lowest BCUT2D eigenvalue weighted by Crippen LogP contribution is -2.32. The van der Waals surface area contributed by atoms with E-state index >= 15 is 0 Å². The van der Waals surface area contributed by atoms with E-state index in [2.05, 4.69) is 261 Å². The number of rotatable bonds is 6. The Morgan fingerprint density at radius 1 is 0.347 bits per heavy atom. The molecule has 352 valence electrons. The van der Waals surface area contributed by atoms with Gasteiger partial charge in [-0.2, -0.15) is 0 Å². The minimum Gasteiger partial charge on any atom is -0.457 e. The quantitative estimate of drug-likeness (QED) is 0.167. The molecule has 0 bridgehead atoms. The lowest BCUT2D eigenvalue weighted by molar-refractivity contribution is 0.436. The molecular weight excluding hydrogens is 911 g/mol. The minimum absolute atomic E-state index is 0.570. The summed E-state index contributed by atoms with van der Waals surface area (Å²) in [7, 11) is 0. The molecule has 3 heterocycles. The molecule has 0 N–H and O–H groups in total. The highest BCUT2D eigenvalue weighted by Crippen LogP contribution is 2.62. The number of aromatic nitrogens is 3. The van der Waals surface area contributed by atoms with E-state index in [1.54, 1.807) is 0 Å². The van der Waals surface area contributed by atoms with Gasteiger partial charge in [0.2, 0.25) is 0 Å². The topological polar surface area (TPSA) is 39.9 Å². The van der Waals surface area contributed by atoms with Crippen LogP contribution in [-0.4, -0.2) is 14.5 Å². The maximum absolute atomic E-state index is 6.70. The van der Waals surface area contributed by atoms with Gasteiger partial charge in [-0.05, 0) is 118 Å². The first-order valence-electron chi connectivity index (χ1n) is 25.8. The van der Waals surface area contributed by atoms with Gasteiger partial charge < -0.3 is 9.30 Å². The molecule has 2 aromatic heterocycles. The molecule has 4 nitrogen and oxygen atoms in total. The van der Waals surface area contributed by atoms with E-state index in [0.717, 1.165) is 100 Å². The third-order valence-corrected chi connectivity index (χ3v) is 15.7. The van der Waals surface area contributed by atoms with Crippen LogP contribution >= 0.6 is 0 Å². The Hall–Kier alpha value is -9.64. The summed E-state index contributed by atoms with van der Waals surface area (Å²) < 4.78 is 9.17. The second-order valence-corrected chi connectivity index (χ2v) is 20.2. The fourth-order valence-electron chi connectivity index (χ4n) is 12.6. The van der Waals surface area contributed by atoms with Crippen LogP contribution in [0.4, 0.5) is 0 Å². The highest BCUT2D eigenvalue weighted by molar-refractivity contribution is 6.22. The van der Waals surface area contributed by atoms with Crippen LogP contribution in [0.3, 0.4) is 0 Å². The number of hydrogen-bond acceptors (Lipinski definition) is 3. The van der Waals surface area contributed by atoms with Gasteiger partial charge in [-0.3, -0.25) is 0 Å². The minimum atomic E-state index is -0.570. The molecule has 15 rings (SSSR count). The Balaban J connectivity index is 0.988. The van der Waals surface area contributed by atoms with Gasteiger partial charge in [0.05, 0.1) is 27.8 Å². The Morgan fingerprint density at radius 3 is 1.65 bits per heavy atom. The third-order valence-electron chi connectivity index (χ3n) is 15.7. The van der Waals surface area contributed by atoms with Gasteiger partial charge in [0.1, 0.15) is 11.5 Å². The second-order valence-electron chi connectivity index (χ2n) is 20.2. The van der Waals surface area contributed by atoms with Crippen molar-refractivity contribution >= 4 is 32.6 Å². The fourth-order valence-corrected chi connectivity index (χ4v) is 12.6. The molecule has 4 heteroatoms. The van der Waals surface area contributed by atoms with Crippen LogP contribution in [0.5, 0.6) is 11.5 Å². The van der Waals surface area contributed by atoms with Crippen LogP contribution in [0.1, 0.15) is 33.4 Å². The van der Waals surface area contributed by atoms with Crippen molar-refractivity contribution in [2.24, 2.45) is 0 Å². The van der Waals surface area contributed by atoms with E-state index in [9.17, 15) is 0 Å². The summed E-state index contributed by atoms with van der Waals surface area (Å²) in [4.78, 5) is 10.6. The van der Waals surface area contributed by atoms with Crippen molar-refractivity contribution in [1.29, 1.82) is 0 Å². The van der Waals surface area contributed by atoms with E-state index in [0.29, 0.717) is 5.82 Å². The molecule has 1 aliphatic heterocycles. The third kappa shape index (κ3) is 6.63. The van der Waals surface area contributed by atoms with Crippen LogP contribution in [0, 0.1) is 13.8 Å². The van der Waals surface area contributed by atoms with Gasteiger partial charge in [-0.1, -0.05) is 205 Å². The van der Waals surface area contributed by atoms with Crippen molar-refractivity contribution in [3.8, 4) is 84.5 Å². The standard InChI is InChI=1S/C71H47N3O/c1-44-37-45(2)39-51(38-44)46-29-33-52(34-30-46)74-66-36-32-49(50-31-35-55-54-22-11-12-24-60(54)71(63(55)41-50)61-25-13-15-27-67(61)75-68-28-16-14-26-62(68)71)40-58(66)59-42-57(53-21-9-10-23-56(53)69(59)74)65-43-64(47-17-5-3-6-18-47)72-70(73-65)48-19-7-4-8-20-48/h3-43H,1-2H3. The van der Waals surface area contributed by atoms with Gasteiger partial charge in [-0.25, -0.2) is 9.97 Å². The maximum Gasteiger partial charge on any atom is 0.160 e.